The minimum atomic E-state index is 0.520. The van der Waals surface area contributed by atoms with Crippen LogP contribution in [0.4, 0.5) is 0 Å². The standard InChI is InChI=1S/C17H33N3/c1-7-14(8-2)12-20-17(10-4)15(11-18-13(5)6)16(9-3)19-20/h13-14,18H,7-12H2,1-6H3. The van der Waals surface area contributed by atoms with Gasteiger partial charge in [0.2, 0.25) is 0 Å². The van der Waals surface area contributed by atoms with Crippen molar-refractivity contribution in [1.82, 2.24) is 15.1 Å². The molecule has 3 heteroatoms. The molecule has 0 saturated carbocycles. The maximum atomic E-state index is 4.89. The van der Waals surface area contributed by atoms with E-state index in [1.165, 1.54) is 29.8 Å². The van der Waals surface area contributed by atoms with Crippen LogP contribution in [0.25, 0.3) is 0 Å². The number of hydrogen-bond donors (Lipinski definition) is 1. The maximum Gasteiger partial charge on any atom is 0.0669 e. The number of rotatable bonds is 9. The van der Waals surface area contributed by atoms with E-state index in [0.29, 0.717) is 6.04 Å². The van der Waals surface area contributed by atoms with Crippen LogP contribution in [0, 0.1) is 5.92 Å². The van der Waals surface area contributed by atoms with Gasteiger partial charge in [0.25, 0.3) is 0 Å². The van der Waals surface area contributed by atoms with Crippen LogP contribution in [-0.2, 0) is 25.9 Å². The van der Waals surface area contributed by atoms with Crippen molar-refractivity contribution in [1.29, 1.82) is 0 Å². The Bertz CT molecular complexity index is 389. The Labute approximate surface area is 125 Å². The van der Waals surface area contributed by atoms with Crippen LogP contribution < -0.4 is 5.32 Å². The van der Waals surface area contributed by atoms with Gasteiger partial charge < -0.3 is 5.32 Å². The zero-order chi connectivity index (χ0) is 15.1. The van der Waals surface area contributed by atoms with Gasteiger partial charge in [-0.05, 0) is 18.8 Å². The number of nitrogens with one attached hydrogen (secondary N) is 1. The lowest BCUT2D eigenvalue weighted by Crippen LogP contribution is -2.23. The SMILES string of the molecule is CCc1nn(CC(CC)CC)c(CC)c1CNC(C)C. The van der Waals surface area contributed by atoms with E-state index in [2.05, 4.69) is 51.5 Å². The van der Waals surface area contributed by atoms with E-state index < -0.39 is 0 Å². The molecule has 0 bridgehead atoms. The molecule has 20 heavy (non-hydrogen) atoms. The van der Waals surface area contributed by atoms with Crippen molar-refractivity contribution >= 4 is 0 Å². The second-order valence-corrected chi connectivity index (χ2v) is 5.98. The average Bonchev–Trinajstić information content (AvgIpc) is 2.78. The minimum Gasteiger partial charge on any atom is -0.310 e. The lowest BCUT2D eigenvalue weighted by atomic mass is 10.0. The summed E-state index contributed by atoms with van der Waals surface area (Å²) in [4.78, 5) is 0. The number of aryl methyl sites for hydroxylation is 1. The van der Waals surface area contributed by atoms with Crippen LogP contribution >= 0.6 is 0 Å². The van der Waals surface area contributed by atoms with Gasteiger partial charge in [-0.25, -0.2) is 0 Å². The molecule has 0 saturated heterocycles. The van der Waals surface area contributed by atoms with Crippen molar-refractivity contribution in [2.75, 3.05) is 0 Å². The van der Waals surface area contributed by atoms with Gasteiger partial charge in [0, 0.05) is 30.4 Å². The van der Waals surface area contributed by atoms with Crippen LogP contribution in [0.3, 0.4) is 0 Å². The molecule has 1 aromatic rings. The normalized spacial score (nSPS) is 11.8. The van der Waals surface area contributed by atoms with Crippen molar-refractivity contribution in [3.05, 3.63) is 17.0 Å². The molecule has 1 N–H and O–H groups in total. The molecule has 0 amide bonds. The second-order valence-electron chi connectivity index (χ2n) is 5.98. The predicted octanol–water partition coefficient (Wildman–Crippen LogP) is 3.94. The summed E-state index contributed by atoms with van der Waals surface area (Å²) in [5.74, 6) is 0.746. The van der Waals surface area contributed by atoms with Crippen LogP contribution in [-0.4, -0.2) is 15.8 Å². The lowest BCUT2D eigenvalue weighted by molar-refractivity contribution is 0.387. The molecule has 3 nitrogen and oxygen atoms in total. The van der Waals surface area contributed by atoms with E-state index in [0.717, 1.165) is 31.8 Å². The summed E-state index contributed by atoms with van der Waals surface area (Å²) >= 11 is 0. The monoisotopic (exact) mass is 279 g/mol. The van der Waals surface area contributed by atoms with Gasteiger partial charge >= 0.3 is 0 Å². The summed E-state index contributed by atoms with van der Waals surface area (Å²) < 4.78 is 2.29. The van der Waals surface area contributed by atoms with Gasteiger partial charge in [-0.15, -0.1) is 0 Å². The van der Waals surface area contributed by atoms with Crippen molar-refractivity contribution in [3.8, 4) is 0 Å². The first-order valence-electron chi connectivity index (χ1n) is 8.37. The van der Waals surface area contributed by atoms with Crippen molar-refractivity contribution in [2.45, 2.75) is 86.4 Å². The van der Waals surface area contributed by atoms with E-state index in [-0.39, 0.29) is 0 Å². The molecule has 0 atom stereocenters. The Morgan fingerprint density at radius 3 is 2.15 bits per heavy atom. The molecule has 1 heterocycles. The Hall–Kier alpha value is -0.830. The minimum absolute atomic E-state index is 0.520. The largest absolute Gasteiger partial charge is 0.310 e. The molecule has 0 aliphatic heterocycles. The third kappa shape index (κ3) is 4.34. The summed E-state index contributed by atoms with van der Waals surface area (Å²) in [6, 6.07) is 0.520. The fraction of sp³-hybridized carbons (Fsp3) is 0.824. The Morgan fingerprint density at radius 2 is 1.70 bits per heavy atom. The van der Waals surface area contributed by atoms with E-state index in [1.807, 2.05) is 0 Å². The van der Waals surface area contributed by atoms with E-state index in [4.69, 9.17) is 5.10 Å². The fourth-order valence-electron chi connectivity index (χ4n) is 2.72. The van der Waals surface area contributed by atoms with E-state index in [9.17, 15) is 0 Å². The lowest BCUT2D eigenvalue weighted by Gasteiger charge is -2.15. The Morgan fingerprint density at radius 1 is 1.05 bits per heavy atom. The molecule has 0 aromatic carbocycles. The fourth-order valence-corrected chi connectivity index (χ4v) is 2.72. The zero-order valence-corrected chi connectivity index (χ0v) is 14.3. The average molecular weight is 279 g/mol. The Kier molecular flexibility index (Phi) is 7.28. The summed E-state index contributed by atoms with van der Waals surface area (Å²) in [6.45, 7) is 15.5. The zero-order valence-electron chi connectivity index (χ0n) is 14.3. The van der Waals surface area contributed by atoms with Gasteiger partial charge in [0.05, 0.1) is 5.69 Å². The molecular weight excluding hydrogens is 246 g/mol. The quantitative estimate of drug-likeness (QED) is 0.742. The predicted molar refractivity (Wildman–Crippen MR) is 87.0 cm³/mol. The molecule has 0 fully saturated rings. The molecule has 116 valence electrons. The second kappa shape index (κ2) is 8.46. The third-order valence-corrected chi connectivity index (χ3v) is 4.19. The molecule has 1 rings (SSSR count). The van der Waals surface area contributed by atoms with Gasteiger partial charge in [-0.2, -0.15) is 5.10 Å². The smallest absolute Gasteiger partial charge is 0.0669 e. The Balaban J connectivity index is 3.00. The molecule has 0 aliphatic rings. The summed E-state index contributed by atoms with van der Waals surface area (Å²) in [6.07, 6.45) is 4.57. The summed E-state index contributed by atoms with van der Waals surface area (Å²) in [5, 5.41) is 8.44. The number of hydrogen-bond acceptors (Lipinski definition) is 2. The molecule has 0 aliphatic carbocycles. The summed E-state index contributed by atoms with van der Waals surface area (Å²) in [7, 11) is 0. The van der Waals surface area contributed by atoms with Crippen molar-refractivity contribution < 1.29 is 0 Å². The molecule has 0 radical (unpaired) electrons. The highest BCUT2D eigenvalue weighted by atomic mass is 15.3. The van der Waals surface area contributed by atoms with Crippen LogP contribution in [0.1, 0.15) is 71.3 Å². The molecule has 0 unspecified atom stereocenters. The first-order valence-corrected chi connectivity index (χ1v) is 8.37. The first kappa shape index (κ1) is 17.2. The highest BCUT2D eigenvalue weighted by Crippen LogP contribution is 2.20. The summed E-state index contributed by atoms with van der Waals surface area (Å²) in [5.41, 5.74) is 4.15. The number of aromatic nitrogens is 2. The van der Waals surface area contributed by atoms with Crippen molar-refractivity contribution in [2.24, 2.45) is 5.92 Å². The first-order chi connectivity index (χ1) is 9.57. The van der Waals surface area contributed by atoms with E-state index >= 15 is 0 Å². The third-order valence-electron chi connectivity index (χ3n) is 4.19. The molecular formula is C17H33N3. The highest BCUT2D eigenvalue weighted by Gasteiger charge is 2.17. The highest BCUT2D eigenvalue weighted by molar-refractivity contribution is 5.27. The van der Waals surface area contributed by atoms with Crippen LogP contribution in [0.15, 0.2) is 0 Å². The molecule has 0 spiro atoms. The van der Waals surface area contributed by atoms with Crippen molar-refractivity contribution in [3.63, 3.8) is 0 Å². The topological polar surface area (TPSA) is 29.9 Å². The molecule has 1 aromatic heterocycles. The van der Waals surface area contributed by atoms with Gasteiger partial charge in [0.15, 0.2) is 0 Å². The van der Waals surface area contributed by atoms with Gasteiger partial charge in [-0.3, -0.25) is 4.68 Å². The maximum absolute atomic E-state index is 4.89. The van der Waals surface area contributed by atoms with Crippen LogP contribution in [0.5, 0.6) is 0 Å². The number of nitrogens with zero attached hydrogens (tertiary/aromatic N) is 2. The van der Waals surface area contributed by atoms with Gasteiger partial charge in [-0.1, -0.05) is 54.4 Å². The van der Waals surface area contributed by atoms with E-state index in [1.54, 1.807) is 0 Å². The van der Waals surface area contributed by atoms with Crippen LogP contribution in [0.2, 0.25) is 0 Å². The van der Waals surface area contributed by atoms with Gasteiger partial charge in [0.1, 0.15) is 0 Å².